The fourth-order valence-corrected chi connectivity index (χ4v) is 4.81. The number of hydrogen-bond donors (Lipinski definition) is 1. The molecule has 0 bridgehead atoms. The van der Waals surface area contributed by atoms with Gasteiger partial charge >= 0.3 is 0 Å². The molecule has 3 rings (SSSR count). The monoisotopic (exact) mass is 310 g/mol. The highest BCUT2D eigenvalue weighted by Crippen LogP contribution is 2.43. The highest BCUT2D eigenvalue weighted by molar-refractivity contribution is 7.99. The molecule has 1 heterocycles. The van der Waals surface area contributed by atoms with Gasteiger partial charge in [-0.2, -0.15) is 11.8 Å². The second-order valence-corrected chi connectivity index (χ2v) is 8.17. The summed E-state index contributed by atoms with van der Waals surface area (Å²) >= 11 is 1.90. The number of rotatable bonds is 3. The summed E-state index contributed by atoms with van der Waals surface area (Å²) in [5.74, 6) is 0.517. The maximum absolute atomic E-state index is 13.1. The first-order valence-electron chi connectivity index (χ1n) is 8.15. The van der Waals surface area contributed by atoms with Crippen molar-refractivity contribution in [2.45, 2.75) is 75.2 Å². The molecule has 118 valence electrons. The van der Waals surface area contributed by atoms with Crippen molar-refractivity contribution in [1.82, 2.24) is 10.2 Å². The SMILES string of the molecule is CSC1CCCC(N2C(=O)C(C)(C3CC3)NC(=O)C2C)C1. The molecule has 4 unspecified atom stereocenters. The molecule has 0 radical (unpaired) electrons. The third kappa shape index (κ3) is 2.58. The van der Waals surface area contributed by atoms with Crippen LogP contribution in [0.3, 0.4) is 0 Å². The van der Waals surface area contributed by atoms with Crippen LogP contribution in [0.5, 0.6) is 0 Å². The van der Waals surface area contributed by atoms with E-state index >= 15 is 0 Å². The molecule has 2 aliphatic carbocycles. The fraction of sp³-hybridized carbons (Fsp3) is 0.875. The smallest absolute Gasteiger partial charge is 0.249 e. The lowest BCUT2D eigenvalue weighted by Crippen LogP contribution is -2.71. The minimum absolute atomic E-state index is 0.0234. The van der Waals surface area contributed by atoms with Crippen LogP contribution in [0.15, 0.2) is 0 Å². The highest BCUT2D eigenvalue weighted by atomic mass is 32.2. The van der Waals surface area contributed by atoms with Crippen molar-refractivity contribution in [3.8, 4) is 0 Å². The first-order chi connectivity index (χ1) is 9.97. The zero-order chi connectivity index (χ0) is 15.2. The number of thioether (sulfide) groups is 1. The Morgan fingerprint density at radius 2 is 1.95 bits per heavy atom. The van der Waals surface area contributed by atoms with Crippen LogP contribution in [0, 0.1) is 5.92 Å². The molecule has 1 aliphatic heterocycles. The molecular formula is C16H26N2O2S. The summed E-state index contributed by atoms with van der Waals surface area (Å²) in [6, 6.07) is -0.0854. The van der Waals surface area contributed by atoms with E-state index in [1.54, 1.807) is 0 Å². The van der Waals surface area contributed by atoms with Crippen molar-refractivity contribution >= 4 is 23.6 Å². The minimum Gasteiger partial charge on any atom is -0.340 e. The van der Waals surface area contributed by atoms with Gasteiger partial charge in [-0.1, -0.05) is 6.42 Å². The molecular weight excluding hydrogens is 284 g/mol. The molecule has 3 aliphatic rings. The maximum atomic E-state index is 13.1. The van der Waals surface area contributed by atoms with Crippen LogP contribution in [0.2, 0.25) is 0 Å². The summed E-state index contributed by atoms with van der Waals surface area (Å²) in [6.45, 7) is 3.81. The molecule has 0 aromatic rings. The summed E-state index contributed by atoms with van der Waals surface area (Å²) in [4.78, 5) is 27.4. The predicted molar refractivity (Wildman–Crippen MR) is 85.1 cm³/mol. The topological polar surface area (TPSA) is 49.4 Å². The molecule has 0 aromatic heterocycles. The number of carbonyl (C=O) groups is 2. The molecule has 0 aromatic carbocycles. The molecule has 2 saturated carbocycles. The Balaban J connectivity index is 1.84. The van der Waals surface area contributed by atoms with E-state index in [2.05, 4.69) is 11.6 Å². The molecule has 3 fully saturated rings. The Labute approximate surface area is 131 Å². The largest absolute Gasteiger partial charge is 0.340 e. The first kappa shape index (κ1) is 15.2. The van der Waals surface area contributed by atoms with Crippen LogP contribution < -0.4 is 5.32 Å². The quantitative estimate of drug-likeness (QED) is 0.869. The molecule has 2 amide bonds. The number of hydrogen-bond acceptors (Lipinski definition) is 3. The van der Waals surface area contributed by atoms with E-state index in [1.807, 2.05) is 30.5 Å². The Kier molecular flexibility index (Phi) is 3.97. The summed E-state index contributed by atoms with van der Waals surface area (Å²) in [6.07, 6.45) is 8.74. The van der Waals surface area contributed by atoms with Gasteiger partial charge in [0.15, 0.2) is 0 Å². The van der Waals surface area contributed by atoms with Crippen molar-refractivity contribution in [3.05, 3.63) is 0 Å². The average Bonchev–Trinajstić information content (AvgIpc) is 3.31. The lowest BCUT2D eigenvalue weighted by molar-refractivity contribution is -0.158. The van der Waals surface area contributed by atoms with E-state index in [4.69, 9.17) is 0 Å². The molecule has 0 spiro atoms. The fourth-order valence-electron chi connectivity index (χ4n) is 3.99. The van der Waals surface area contributed by atoms with Crippen LogP contribution in [-0.4, -0.2) is 45.8 Å². The lowest BCUT2D eigenvalue weighted by atomic mass is 9.85. The molecule has 5 heteroatoms. The van der Waals surface area contributed by atoms with Gasteiger partial charge in [-0.05, 0) is 58.1 Å². The first-order valence-corrected chi connectivity index (χ1v) is 9.43. The minimum atomic E-state index is -0.657. The summed E-state index contributed by atoms with van der Waals surface area (Å²) in [5.41, 5.74) is -0.657. The second kappa shape index (κ2) is 5.49. The van der Waals surface area contributed by atoms with E-state index in [0.717, 1.165) is 32.1 Å². The normalized spacial score (nSPS) is 41.1. The van der Waals surface area contributed by atoms with Gasteiger partial charge in [0, 0.05) is 11.3 Å². The van der Waals surface area contributed by atoms with Gasteiger partial charge in [0.05, 0.1) is 0 Å². The van der Waals surface area contributed by atoms with Crippen molar-refractivity contribution < 1.29 is 9.59 Å². The van der Waals surface area contributed by atoms with Crippen molar-refractivity contribution in [3.63, 3.8) is 0 Å². The second-order valence-electron chi connectivity index (χ2n) is 7.03. The summed E-state index contributed by atoms with van der Waals surface area (Å²) < 4.78 is 0. The van der Waals surface area contributed by atoms with Crippen molar-refractivity contribution in [2.24, 2.45) is 5.92 Å². The van der Waals surface area contributed by atoms with E-state index in [0.29, 0.717) is 11.2 Å². The van der Waals surface area contributed by atoms with E-state index in [9.17, 15) is 9.59 Å². The Morgan fingerprint density at radius 3 is 2.57 bits per heavy atom. The van der Waals surface area contributed by atoms with E-state index in [-0.39, 0.29) is 23.9 Å². The number of nitrogens with zero attached hydrogens (tertiary/aromatic N) is 1. The maximum Gasteiger partial charge on any atom is 0.249 e. The third-order valence-electron chi connectivity index (χ3n) is 5.58. The van der Waals surface area contributed by atoms with Crippen LogP contribution in [0.25, 0.3) is 0 Å². The summed E-state index contributed by atoms with van der Waals surface area (Å²) in [5, 5.41) is 3.64. The predicted octanol–water partition coefficient (Wildman–Crippen LogP) is 2.18. The Morgan fingerprint density at radius 1 is 1.24 bits per heavy atom. The lowest BCUT2D eigenvalue weighted by Gasteiger charge is -2.48. The number of carbonyl (C=O) groups excluding carboxylic acids is 2. The van der Waals surface area contributed by atoms with Gasteiger partial charge in [-0.3, -0.25) is 9.59 Å². The number of piperazine rings is 1. The zero-order valence-electron chi connectivity index (χ0n) is 13.2. The standard InChI is InChI=1S/C16H26N2O2S/c1-10-14(19)17-16(2,11-7-8-11)15(20)18(10)12-5-4-6-13(9-12)21-3/h10-13H,4-9H2,1-3H3,(H,17,19). The number of amides is 2. The van der Waals surface area contributed by atoms with Crippen molar-refractivity contribution in [1.29, 1.82) is 0 Å². The van der Waals surface area contributed by atoms with Gasteiger partial charge in [0.2, 0.25) is 11.8 Å². The zero-order valence-corrected chi connectivity index (χ0v) is 14.0. The molecule has 21 heavy (non-hydrogen) atoms. The van der Waals surface area contributed by atoms with Gasteiger partial charge in [-0.25, -0.2) is 0 Å². The summed E-state index contributed by atoms with van der Waals surface area (Å²) in [7, 11) is 0. The van der Waals surface area contributed by atoms with Crippen LogP contribution in [0.1, 0.15) is 52.4 Å². The Bertz CT molecular complexity index is 452. The average molecular weight is 310 g/mol. The van der Waals surface area contributed by atoms with Gasteiger partial charge < -0.3 is 10.2 Å². The van der Waals surface area contributed by atoms with Gasteiger partial charge in [0.1, 0.15) is 11.6 Å². The van der Waals surface area contributed by atoms with Gasteiger partial charge in [-0.15, -0.1) is 0 Å². The number of nitrogens with one attached hydrogen (secondary N) is 1. The van der Waals surface area contributed by atoms with Crippen LogP contribution in [-0.2, 0) is 9.59 Å². The van der Waals surface area contributed by atoms with Crippen LogP contribution >= 0.6 is 11.8 Å². The molecule has 1 saturated heterocycles. The van der Waals surface area contributed by atoms with Crippen molar-refractivity contribution in [2.75, 3.05) is 6.26 Å². The molecule has 1 N–H and O–H groups in total. The van der Waals surface area contributed by atoms with Gasteiger partial charge in [0.25, 0.3) is 0 Å². The molecule has 4 atom stereocenters. The van der Waals surface area contributed by atoms with E-state index < -0.39 is 5.54 Å². The molecule has 4 nitrogen and oxygen atoms in total. The highest BCUT2D eigenvalue weighted by Gasteiger charge is 2.55. The third-order valence-corrected chi connectivity index (χ3v) is 6.67. The Hall–Kier alpha value is -0.710. The van der Waals surface area contributed by atoms with E-state index in [1.165, 1.54) is 6.42 Å². The van der Waals surface area contributed by atoms with Crippen LogP contribution in [0.4, 0.5) is 0 Å².